The van der Waals surface area contributed by atoms with E-state index in [1.165, 1.54) is 6.08 Å². The molecule has 1 heterocycles. The molecule has 25 heavy (non-hydrogen) atoms. The first kappa shape index (κ1) is 19.5. The Morgan fingerprint density at radius 1 is 1.24 bits per heavy atom. The predicted molar refractivity (Wildman–Crippen MR) is 91.5 cm³/mol. The topological polar surface area (TPSA) is 49.4 Å². The minimum atomic E-state index is -4.82. The predicted octanol–water partition coefficient (Wildman–Crippen LogP) is 3.38. The van der Waals surface area contributed by atoms with Crippen molar-refractivity contribution in [2.75, 3.05) is 19.6 Å². The fraction of sp³-hybridized carbons (Fsp3) is 0.412. The lowest BCUT2D eigenvalue weighted by molar-refractivity contribution is -0.186. The van der Waals surface area contributed by atoms with Gasteiger partial charge in [-0.25, -0.2) is 0 Å². The highest BCUT2D eigenvalue weighted by atomic mass is 79.9. The van der Waals surface area contributed by atoms with Crippen LogP contribution in [-0.4, -0.2) is 42.5 Å². The number of rotatable bonds is 4. The Bertz CT molecular complexity index is 654. The second kappa shape index (κ2) is 8.51. The molecule has 0 saturated carbocycles. The third kappa shape index (κ3) is 5.88. The van der Waals surface area contributed by atoms with E-state index in [0.29, 0.717) is 19.4 Å². The highest BCUT2D eigenvalue weighted by Crippen LogP contribution is 2.23. The number of carbonyl (C=O) groups excluding carboxylic acids is 2. The van der Waals surface area contributed by atoms with Crippen LogP contribution in [0.1, 0.15) is 18.4 Å². The number of nitrogens with one attached hydrogen (secondary N) is 1. The number of carbonyl (C=O) groups is 2. The zero-order valence-corrected chi connectivity index (χ0v) is 14.9. The summed E-state index contributed by atoms with van der Waals surface area (Å²) in [7, 11) is 0. The smallest absolute Gasteiger partial charge is 0.352 e. The van der Waals surface area contributed by atoms with Crippen LogP contribution in [0.5, 0.6) is 0 Å². The number of amides is 2. The van der Waals surface area contributed by atoms with Crippen molar-refractivity contribution in [2.24, 2.45) is 5.92 Å². The number of benzene rings is 1. The summed E-state index contributed by atoms with van der Waals surface area (Å²) in [5.41, 5.74) is 0.872. The molecule has 1 fully saturated rings. The Kier molecular flexibility index (Phi) is 6.64. The van der Waals surface area contributed by atoms with Crippen molar-refractivity contribution in [3.05, 3.63) is 40.4 Å². The molecule has 1 aromatic rings. The fourth-order valence-corrected chi connectivity index (χ4v) is 3.02. The van der Waals surface area contributed by atoms with Crippen molar-refractivity contribution in [1.29, 1.82) is 0 Å². The third-order valence-electron chi connectivity index (χ3n) is 4.03. The van der Waals surface area contributed by atoms with Crippen molar-refractivity contribution in [3.8, 4) is 0 Å². The second-order valence-electron chi connectivity index (χ2n) is 5.83. The molecule has 1 aliphatic rings. The van der Waals surface area contributed by atoms with Crippen LogP contribution >= 0.6 is 15.9 Å². The molecule has 0 spiro atoms. The van der Waals surface area contributed by atoms with Crippen molar-refractivity contribution in [3.63, 3.8) is 0 Å². The molecule has 1 aliphatic heterocycles. The maximum absolute atomic E-state index is 12.4. The number of hydrogen-bond donors (Lipinski definition) is 1. The highest BCUT2D eigenvalue weighted by Gasteiger charge is 2.43. The SMILES string of the molecule is O=C(/C=C/c1ccccc1Br)NCC1CCN(C(=O)C(F)(F)F)CC1. The van der Waals surface area contributed by atoms with Crippen LogP contribution in [0.25, 0.3) is 6.08 Å². The summed E-state index contributed by atoms with van der Waals surface area (Å²) in [5.74, 6) is -1.98. The van der Waals surface area contributed by atoms with Crippen LogP contribution in [0.15, 0.2) is 34.8 Å². The lowest BCUT2D eigenvalue weighted by atomic mass is 9.96. The van der Waals surface area contributed by atoms with Gasteiger partial charge in [-0.3, -0.25) is 9.59 Å². The highest BCUT2D eigenvalue weighted by molar-refractivity contribution is 9.10. The normalized spacial score (nSPS) is 16.2. The van der Waals surface area contributed by atoms with Gasteiger partial charge < -0.3 is 10.2 Å². The van der Waals surface area contributed by atoms with Gasteiger partial charge in [0, 0.05) is 30.2 Å². The lowest BCUT2D eigenvalue weighted by Crippen LogP contribution is -2.46. The molecule has 4 nitrogen and oxygen atoms in total. The zero-order valence-electron chi connectivity index (χ0n) is 13.4. The number of hydrogen-bond acceptors (Lipinski definition) is 2. The maximum atomic E-state index is 12.4. The minimum absolute atomic E-state index is 0.0612. The Hall–Kier alpha value is -1.83. The van der Waals surface area contributed by atoms with Gasteiger partial charge in [0.15, 0.2) is 0 Å². The van der Waals surface area contributed by atoms with E-state index in [1.54, 1.807) is 6.08 Å². The van der Waals surface area contributed by atoms with Crippen molar-refractivity contribution >= 4 is 33.8 Å². The molecule has 0 unspecified atom stereocenters. The number of alkyl halides is 3. The van der Waals surface area contributed by atoms with Gasteiger partial charge >= 0.3 is 12.1 Å². The molecule has 1 N–H and O–H groups in total. The zero-order chi connectivity index (χ0) is 18.4. The lowest BCUT2D eigenvalue weighted by Gasteiger charge is -2.32. The number of nitrogens with zero attached hydrogens (tertiary/aromatic N) is 1. The quantitative estimate of drug-likeness (QED) is 0.761. The van der Waals surface area contributed by atoms with Crippen LogP contribution in [0.4, 0.5) is 13.2 Å². The molecule has 0 aromatic heterocycles. The van der Waals surface area contributed by atoms with Crippen LogP contribution in [0.2, 0.25) is 0 Å². The van der Waals surface area contributed by atoms with Crippen LogP contribution in [-0.2, 0) is 9.59 Å². The van der Waals surface area contributed by atoms with E-state index >= 15 is 0 Å². The first-order chi connectivity index (χ1) is 11.8. The van der Waals surface area contributed by atoms with Gasteiger partial charge in [-0.1, -0.05) is 34.1 Å². The monoisotopic (exact) mass is 418 g/mol. The second-order valence-corrected chi connectivity index (χ2v) is 6.69. The molecule has 0 aliphatic carbocycles. The standard InChI is InChI=1S/C17H18BrF3N2O2/c18-14-4-2-1-3-13(14)5-6-15(24)22-11-12-7-9-23(10-8-12)16(25)17(19,20)21/h1-6,12H,7-11H2,(H,22,24)/b6-5+. The molecule has 2 rings (SSSR count). The molecule has 2 amide bonds. The van der Waals surface area contributed by atoms with Gasteiger partial charge in [-0.05, 0) is 36.5 Å². The van der Waals surface area contributed by atoms with Gasteiger partial charge in [0.05, 0.1) is 0 Å². The van der Waals surface area contributed by atoms with E-state index in [1.807, 2.05) is 24.3 Å². The van der Waals surface area contributed by atoms with E-state index in [0.717, 1.165) is 14.9 Å². The van der Waals surface area contributed by atoms with Crippen molar-refractivity contribution < 1.29 is 22.8 Å². The van der Waals surface area contributed by atoms with Gasteiger partial charge in [-0.15, -0.1) is 0 Å². The summed E-state index contributed by atoms with van der Waals surface area (Å²) in [6, 6.07) is 7.46. The van der Waals surface area contributed by atoms with E-state index in [4.69, 9.17) is 0 Å². The first-order valence-corrected chi connectivity index (χ1v) is 8.63. The Balaban J connectivity index is 1.75. The number of piperidine rings is 1. The van der Waals surface area contributed by atoms with E-state index in [9.17, 15) is 22.8 Å². The number of halogens is 4. The fourth-order valence-electron chi connectivity index (χ4n) is 2.60. The van der Waals surface area contributed by atoms with Gasteiger partial charge in [0.2, 0.25) is 5.91 Å². The van der Waals surface area contributed by atoms with Crippen LogP contribution < -0.4 is 5.32 Å². The summed E-state index contributed by atoms with van der Waals surface area (Å²) in [6.45, 7) is 0.505. The molecule has 0 atom stereocenters. The summed E-state index contributed by atoms with van der Waals surface area (Å²) < 4.78 is 38.0. The van der Waals surface area contributed by atoms with Crippen LogP contribution in [0, 0.1) is 5.92 Å². The van der Waals surface area contributed by atoms with Gasteiger partial charge in [-0.2, -0.15) is 13.2 Å². The Morgan fingerprint density at radius 2 is 1.88 bits per heavy atom. The Morgan fingerprint density at radius 3 is 2.48 bits per heavy atom. The van der Waals surface area contributed by atoms with E-state index in [-0.39, 0.29) is 24.9 Å². The number of likely N-dealkylation sites (tertiary alicyclic amines) is 1. The van der Waals surface area contributed by atoms with Crippen molar-refractivity contribution in [2.45, 2.75) is 19.0 Å². The average Bonchev–Trinajstić information content (AvgIpc) is 2.58. The van der Waals surface area contributed by atoms with E-state index < -0.39 is 12.1 Å². The Labute approximate surface area is 152 Å². The molecule has 1 aromatic carbocycles. The minimum Gasteiger partial charge on any atom is -0.352 e. The molecular weight excluding hydrogens is 401 g/mol. The molecule has 1 saturated heterocycles. The molecular formula is C17H18BrF3N2O2. The van der Waals surface area contributed by atoms with Crippen molar-refractivity contribution in [1.82, 2.24) is 10.2 Å². The van der Waals surface area contributed by atoms with E-state index in [2.05, 4.69) is 21.2 Å². The third-order valence-corrected chi connectivity index (χ3v) is 4.75. The summed E-state index contributed by atoms with van der Waals surface area (Å²) in [6.07, 6.45) is -0.837. The molecule has 0 bridgehead atoms. The average molecular weight is 419 g/mol. The maximum Gasteiger partial charge on any atom is 0.471 e. The summed E-state index contributed by atoms with van der Waals surface area (Å²) in [5, 5.41) is 2.75. The van der Waals surface area contributed by atoms with Gasteiger partial charge in [0.25, 0.3) is 0 Å². The largest absolute Gasteiger partial charge is 0.471 e. The summed E-state index contributed by atoms with van der Waals surface area (Å²) in [4.78, 5) is 23.8. The molecule has 8 heteroatoms. The summed E-state index contributed by atoms with van der Waals surface area (Å²) >= 11 is 3.38. The van der Waals surface area contributed by atoms with Crippen LogP contribution in [0.3, 0.4) is 0 Å². The first-order valence-electron chi connectivity index (χ1n) is 7.84. The van der Waals surface area contributed by atoms with Gasteiger partial charge in [0.1, 0.15) is 0 Å². The molecule has 136 valence electrons. The molecule has 0 radical (unpaired) electrons.